The van der Waals surface area contributed by atoms with Crippen LogP contribution in [0.5, 0.6) is 0 Å². The number of carbonyl (C=O) groups is 1. The van der Waals surface area contributed by atoms with Crippen LogP contribution in [0.15, 0.2) is 28.0 Å². The number of nitrogens with zero attached hydrogens (tertiary/aromatic N) is 1. The van der Waals surface area contributed by atoms with Crippen LogP contribution in [-0.2, 0) is 16.6 Å². The maximum absolute atomic E-state index is 12.4. The number of halogens is 3. The first kappa shape index (κ1) is 25.8. The average Bonchev–Trinajstić information content (AvgIpc) is 3.34. The molecule has 0 aromatic carbocycles. The number of alkyl halides is 3. The number of aromatic nitrogens is 4. The SMILES string of the molecule is CCc1ccc(/C=c2\[nH]c(=O)/c(=C/c3nc[nH]c3C(C)(C)C)[nH]c2=O)s1.O=C(O)C(F)(F)F. The number of hydrogen-bond acceptors (Lipinski definition) is 5. The molecule has 0 saturated heterocycles. The molecule has 0 aliphatic heterocycles. The first-order chi connectivity index (χ1) is 15.2. The molecule has 178 valence electrons. The van der Waals surface area contributed by atoms with Gasteiger partial charge in [-0.15, -0.1) is 11.3 Å². The summed E-state index contributed by atoms with van der Waals surface area (Å²) in [5.41, 5.74) is 0.695. The van der Waals surface area contributed by atoms with E-state index in [1.54, 1.807) is 29.8 Å². The highest BCUT2D eigenvalue weighted by Crippen LogP contribution is 2.22. The van der Waals surface area contributed by atoms with E-state index < -0.39 is 12.1 Å². The maximum Gasteiger partial charge on any atom is 0.490 e. The van der Waals surface area contributed by atoms with Crippen molar-refractivity contribution in [3.8, 4) is 0 Å². The van der Waals surface area contributed by atoms with E-state index in [0.29, 0.717) is 5.69 Å². The minimum absolute atomic E-state index is 0.154. The van der Waals surface area contributed by atoms with Crippen molar-refractivity contribution in [2.24, 2.45) is 0 Å². The van der Waals surface area contributed by atoms with Gasteiger partial charge in [0.2, 0.25) is 0 Å². The van der Waals surface area contributed by atoms with Crippen LogP contribution >= 0.6 is 11.3 Å². The van der Waals surface area contributed by atoms with Gasteiger partial charge in [-0.1, -0.05) is 27.7 Å². The highest BCUT2D eigenvalue weighted by molar-refractivity contribution is 7.12. The Bertz CT molecular complexity index is 1360. The lowest BCUT2D eigenvalue weighted by molar-refractivity contribution is -0.192. The van der Waals surface area contributed by atoms with Crippen LogP contribution in [0.3, 0.4) is 0 Å². The number of carboxylic acids is 1. The summed E-state index contributed by atoms with van der Waals surface area (Å²) in [5.74, 6) is -2.76. The van der Waals surface area contributed by atoms with Crippen molar-refractivity contribution in [1.82, 2.24) is 19.9 Å². The predicted molar refractivity (Wildman–Crippen MR) is 119 cm³/mol. The van der Waals surface area contributed by atoms with Crippen LogP contribution in [0.2, 0.25) is 0 Å². The number of rotatable bonds is 3. The highest BCUT2D eigenvalue weighted by atomic mass is 32.1. The molecule has 8 nitrogen and oxygen atoms in total. The molecule has 3 heterocycles. The van der Waals surface area contributed by atoms with Gasteiger partial charge in [-0.3, -0.25) is 9.59 Å². The minimum Gasteiger partial charge on any atom is -0.475 e. The van der Waals surface area contributed by atoms with Crippen LogP contribution in [0, 0.1) is 0 Å². The van der Waals surface area contributed by atoms with E-state index in [-0.39, 0.29) is 27.2 Å². The quantitative estimate of drug-likeness (QED) is 0.452. The monoisotopic (exact) mass is 484 g/mol. The molecule has 12 heteroatoms. The molecule has 4 N–H and O–H groups in total. The number of aryl methyl sites for hydroxylation is 1. The Morgan fingerprint density at radius 3 is 2.09 bits per heavy atom. The zero-order valence-corrected chi connectivity index (χ0v) is 19.1. The van der Waals surface area contributed by atoms with Gasteiger partial charge in [0, 0.05) is 20.9 Å². The summed E-state index contributed by atoms with van der Waals surface area (Å²) in [5, 5.41) is 7.56. The average molecular weight is 485 g/mol. The van der Waals surface area contributed by atoms with E-state index in [1.165, 1.54) is 4.88 Å². The number of aliphatic carboxylic acids is 1. The number of thiophene rings is 1. The summed E-state index contributed by atoms with van der Waals surface area (Å²) in [6.07, 6.45) is 0.742. The number of carboxylic acid groups (broad SMARTS) is 1. The molecule has 3 rings (SSSR count). The third kappa shape index (κ3) is 7.04. The van der Waals surface area contributed by atoms with Gasteiger partial charge in [-0.2, -0.15) is 13.2 Å². The number of H-pyrrole nitrogens is 3. The topological polar surface area (TPSA) is 132 Å². The largest absolute Gasteiger partial charge is 0.490 e. The van der Waals surface area contributed by atoms with Gasteiger partial charge in [-0.25, -0.2) is 9.78 Å². The minimum atomic E-state index is -5.08. The Morgan fingerprint density at radius 1 is 1.09 bits per heavy atom. The second-order valence-electron chi connectivity index (χ2n) is 7.90. The Hall–Kier alpha value is -3.41. The number of nitrogens with one attached hydrogen (secondary N) is 3. The molecule has 0 unspecified atom stereocenters. The lowest BCUT2D eigenvalue weighted by Crippen LogP contribution is -2.46. The molecule has 0 radical (unpaired) electrons. The second kappa shape index (κ2) is 10.0. The van der Waals surface area contributed by atoms with Crippen molar-refractivity contribution < 1.29 is 23.1 Å². The summed E-state index contributed by atoms with van der Waals surface area (Å²) in [6, 6.07) is 3.97. The molecular weight excluding hydrogens is 461 g/mol. The molecular formula is C21H23F3N4O4S. The van der Waals surface area contributed by atoms with Gasteiger partial charge in [0.05, 0.1) is 12.0 Å². The van der Waals surface area contributed by atoms with Crippen molar-refractivity contribution in [3.63, 3.8) is 0 Å². The summed E-state index contributed by atoms with van der Waals surface area (Å²) < 4.78 is 31.7. The maximum atomic E-state index is 12.4. The summed E-state index contributed by atoms with van der Waals surface area (Å²) in [4.78, 5) is 48.6. The number of aromatic amines is 3. The second-order valence-corrected chi connectivity index (χ2v) is 9.10. The fourth-order valence-electron chi connectivity index (χ4n) is 2.65. The predicted octanol–water partition coefficient (Wildman–Crippen LogP) is 2.00. The molecule has 3 aromatic heterocycles. The van der Waals surface area contributed by atoms with Crippen molar-refractivity contribution in [1.29, 1.82) is 0 Å². The Kier molecular flexibility index (Phi) is 7.85. The standard InChI is InChI=1S/C19H22N4O2S.C2HF3O2/c1-5-11-6-7-12(26-11)8-14-17(24)23-15(18(25)22-14)9-13-16(19(2,3)4)21-10-20-13;3-2(4,5)1(6)7/h6-10H,5H2,1-4H3,(H,20,21)(H,22,25)(H,23,24);(H,6,7)/b14-8-,15-9-;. The van der Waals surface area contributed by atoms with Gasteiger partial charge in [0.1, 0.15) is 10.7 Å². The Labute approximate surface area is 189 Å². The van der Waals surface area contributed by atoms with Gasteiger partial charge in [0.25, 0.3) is 11.1 Å². The molecule has 0 atom stereocenters. The fourth-order valence-corrected chi connectivity index (χ4v) is 3.55. The molecule has 0 bridgehead atoms. The lowest BCUT2D eigenvalue weighted by Gasteiger charge is -2.16. The zero-order chi connectivity index (χ0) is 25.0. The van der Waals surface area contributed by atoms with Gasteiger partial charge < -0.3 is 20.1 Å². The Morgan fingerprint density at radius 2 is 1.64 bits per heavy atom. The number of imidazole rings is 1. The summed E-state index contributed by atoms with van der Waals surface area (Å²) >= 11 is 1.60. The molecule has 0 spiro atoms. The summed E-state index contributed by atoms with van der Waals surface area (Å²) in [7, 11) is 0. The highest BCUT2D eigenvalue weighted by Gasteiger charge is 2.38. The van der Waals surface area contributed by atoms with Crippen LogP contribution in [-0.4, -0.2) is 37.2 Å². The van der Waals surface area contributed by atoms with Crippen molar-refractivity contribution in [2.45, 2.75) is 45.7 Å². The van der Waals surface area contributed by atoms with Crippen molar-refractivity contribution in [2.75, 3.05) is 0 Å². The van der Waals surface area contributed by atoms with Gasteiger partial charge >= 0.3 is 12.1 Å². The van der Waals surface area contributed by atoms with E-state index in [1.807, 2.05) is 12.1 Å². The Balaban J connectivity index is 0.000000479. The molecule has 0 amide bonds. The van der Waals surface area contributed by atoms with Crippen LogP contribution in [0.4, 0.5) is 13.2 Å². The third-order valence-electron chi connectivity index (χ3n) is 4.25. The summed E-state index contributed by atoms with van der Waals surface area (Å²) in [6.45, 7) is 8.23. The first-order valence-corrected chi connectivity index (χ1v) is 10.5. The first-order valence-electron chi connectivity index (χ1n) is 9.71. The fraction of sp³-hybridized carbons (Fsp3) is 0.333. The normalized spacial score (nSPS) is 13.1. The number of hydrogen-bond donors (Lipinski definition) is 4. The smallest absolute Gasteiger partial charge is 0.475 e. The van der Waals surface area contributed by atoms with Crippen LogP contribution in [0.1, 0.15) is 48.8 Å². The van der Waals surface area contributed by atoms with Crippen LogP contribution < -0.4 is 21.8 Å². The zero-order valence-electron chi connectivity index (χ0n) is 18.3. The van der Waals surface area contributed by atoms with E-state index in [9.17, 15) is 22.8 Å². The molecule has 0 fully saturated rings. The third-order valence-corrected chi connectivity index (χ3v) is 5.42. The van der Waals surface area contributed by atoms with Crippen molar-refractivity contribution in [3.05, 3.63) is 71.0 Å². The van der Waals surface area contributed by atoms with Gasteiger partial charge in [0.15, 0.2) is 0 Å². The molecule has 0 saturated carbocycles. The van der Waals surface area contributed by atoms with E-state index >= 15 is 0 Å². The van der Waals surface area contributed by atoms with E-state index in [0.717, 1.165) is 17.0 Å². The lowest BCUT2D eigenvalue weighted by atomic mass is 9.90. The molecule has 3 aromatic rings. The molecule has 0 aliphatic carbocycles. The molecule has 33 heavy (non-hydrogen) atoms. The van der Waals surface area contributed by atoms with Crippen LogP contribution in [0.25, 0.3) is 12.2 Å². The van der Waals surface area contributed by atoms with Crippen molar-refractivity contribution >= 4 is 29.5 Å². The van der Waals surface area contributed by atoms with E-state index in [4.69, 9.17) is 9.90 Å². The van der Waals surface area contributed by atoms with Gasteiger partial charge in [-0.05, 0) is 30.7 Å². The molecule has 0 aliphatic rings. The van der Waals surface area contributed by atoms with E-state index in [2.05, 4.69) is 47.6 Å².